The Kier molecular flexibility index (Phi) is 6.18. The Morgan fingerprint density at radius 1 is 1.37 bits per heavy atom. The molecule has 27 heavy (non-hydrogen) atoms. The van der Waals surface area contributed by atoms with Crippen LogP contribution in [0.2, 0.25) is 0 Å². The van der Waals surface area contributed by atoms with Gasteiger partial charge < -0.3 is 11.2 Å². The monoisotopic (exact) mass is 402 g/mol. The van der Waals surface area contributed by atoms with Gasteiger partial charge in [-0.15, -0.1) is 11.3 Å². The second kappa shape index (κ2) is 8.58. The van der Waals surface area contributed by atoms with Gasteiger partial charge >= 0.3 is 0 Å². The Morgan fingerprint density at radius 2 is 2.11 bits per heavy atom. The molecular formula is C19H22N4O2S2. The molecule has 3 aromatic rings. The van der Waals surface area contributed by atoms with Crippen LogP contribution in [0.4, 0.5) is 0 Å². The lowest BCUT2D eigenvalue weighted by Crippen LogP contribution is -2.34. The van der Waals surface area contributed by atoms with Gasteiger partial charge in [0.2, 0.25) is 5.91 Å². The third kappa shape index (κ3) is 4.33. The second-order valence-electron chi connectivity index (χ2n) is 6.31. The molecule has 2 aromatic heterocycles. The van der Waals surface area contributed by atoms with Crippen LogP contribution in [-0.4, -0.2) is 27.4 Å². The minimum Gasteiger partial charge on any atom is -0.353 e. The molecule has 3 N–H and O–H groups in total. The number of fused-ring (bicyclic) bond motifs is 1. The van der Waals surface area contributed by atoms with Crippen molar-refractivity contribution in [3.8, 4) is 11.1 Å². The molecular weight excluding hydrogens is 380 g/mol. The Morgan fingerprint density at radius 3 is 2.81 bits per heavy atom. The molecule has 1 aromatic carbocycles. The molecule has 3 rings (SSSR count). The summed E-state index contributed by atoms with van der Waals surface area (Å²) in [5.74, 6) is 6.06. The van der Waals surface area contributed by atoms with Crippen molar-refractivity contribution in [1.82, 2.24) is 15.0 Å². The summed E-state index contributed by atoms with van der Waals surface area (Å²) in [5, 5.41) is 5.71. The van der Waals surface area contributed by atoms with E-state index in [1.165, 1.54) is 23.1 Å². The highest BCUT2D eigenvalue weighted by Gasteiger charge is 2.17. The number of nitrogens with two attached hydrogens (primary N) is 1. The number of hydrogen-bond acceptors (Lipinski definition) is 6. The predicted octanol–water partition coefficient (Wildman–Crippen LogP) is 3.24. The predicted molar refractivity (Wildman–Crippen MR) is 113 cm³/mol. The van der Waals surface area contributed by atoms with Crippen LogP contribution < -0.4 is 16.7 Å². The minimum atomic E-state index is -0.303. The number of benzene rings is 1. The van der Waals surface area contributed by atoms with Crippen molar-refractivity contribution < 1.29 is 4.79 Å². The van der Waals surface area contributed by atoms with E-state index in [0.29, 0.717) is 15.4 Å². The minimum absolute atomic E-state index is 0.0912. The van der Waals surface area contributed by atoms with Crippen molar-refractivity contribution in [3.63, 3.8) is 0 Å². The maximum atomic E-state index is 12.8. The molecule has 0 aliphatic rings. The highest BCUT2D eigenvalue weighted by Crippen LogP contribution is 2.31. The Bertz CT molecular complexity index is 998. The van der Waals surface area contributed by atoms with Crippen molar-refractivity contribution in [3.05, 3.63) is 46.1 Å². The molecule has 0 spiro atoms. The first-order valence-electron chi connectivity index (χ1n) is 8.78. The molecule has 1 atom stereocenters. The van der Waals surface area contributed by atoms with Gasteiger partial charge in [-0.1, -0.05) is 55.4 Å². The molecule has 2 heterocycles. The fourth-order valence-corrected chi connectivity index (χ4v) is 4.59. The summed E-state index contributed by atoms with van der Waals surface area (Å²) in [7, 11) is 0. The Labute approximate surface area is 165 Å². The van der Waals surface area contributed by atoms with Gasteiger partial charge in [-0.25, -0.2) is 9.66 Å². The SMILES string of the molecule is CCC[C@@H](C)NC(=O)CSc1nc2scc(-c3ccccc3)c2c(=O)n1N. The van der Waals surface area contributed by atoms with Crippen molar-refractivity contribution in [1.29, 1.82) is 0 Å². The van der Waals surface area contributed by atoms with Gasteiger partial charge in [0.1, 0.15) is 4.83 Å². The number of carbonyl (C=O) groups excluding carboxylic acids is 1. The van der Waals surface area contributed by atoms with Crippen LogP contribution >= 0.6 is 23.1 Å². The van der Waals surface area contributed by atoms with Crippen LogP contribution in [0.3, 0.4) is 0 Å². The molecule has 0 aliphatic heterocycles. The summed E-state index contributed by atoms with van der Waals surface area (Å²) in [6, 6.07) is 9.81. The van der Waals surface area contributed by atoms with Crippen LogP contribution in [0.15, 0.2) is 45.7 Å². The fourth-order valence-electron chi connectivity index (χ4n) is 2.87. The average Bonchev–Trinajstić information content (AvgIpc) is 3.08. The summed E-state index contributed by atoms with van der Waals surface area (Å²) in [6.45, 7) is 4.06. The molecule has 0 aliphatic carbocycles. The lowest BCUT2D eigenvalue weighted by atomic mass is 10.1. The van der Waals surface area contributed by atoms with Gasteiger partial charge in [-0.05, 0) is 18.9 Å². The van der Waals surface area contributed by atoms with Gasteiger partial charge in [0, 0.05) is 17.0 Å². The number of nitrogens with one attached hydrogen (secondary N) is 1. The van der Waals surface area contributed by atoms with E-state index in [1.807, 2.05) is 42.6 Å². The first kappa shape index (κ1) is 19.4. The Balaban J connectivity index is 1.84. The number of thioether (sulfide) groups is 1. The quantitative estimate of drug-likeness (QED) is 0.360. The van der Waals surface area contributed by atoms with E-state index in [1.54, 1.807) is 0 Å². The van der Waals surface area contributed by atoms with Crippen molar-refractivity contribution in [2.75, 3.05) is 11.6 Å². The molecule has 0 saturated heterocycles. The molecule has 142 valence electrons. The van der Waals surface area contributed by atoms with E-state index >= 15 is 0 Å². The first-order valence-corrected chi connectivity index (χ1v) is 10.6. The fraction of sp³-hybridized carbons (Fsp3) is 0.316. The number of rotatable bonds is 7. The zero-order chi connectivity index (χ0) is 19.4. The summed E-state index contributed by atoms with van der Waals surface area (Å²) >= 11 is 2.57. The molecule has 8 heteroatoms. The molecule has 0 saturated carbocycles. The number of thiophene rings is 1. The van der Waals surface area contributed by atoms with Gasteiger partial charge in [0.15, 0.2) is 5.16 Å². The number of nitrogen functional groups attached to an aromatic ring is 1. The van der Waals surface area contributed by atoms with E-state index < -0.39 is 0 Å². The summed E-state index contributed by atoms with van der Waals surface area (Å²) in [5.41, 5.74) is 1.48. The van der Waals surface area contributed by atoms with Crippen molar-refractivity contribution in [2.24, 2.45) is 0 Å². The van der Waals surface area contributed by atoms with Crippen LogP contribution in [-0.2, 0) is 4.79 Å². The molecule has 6 nitrogen and oxygen atoms in total. The van der Waals surface area contributed by atoms with Gasteiger partial charge in [0.25, 0.3) is 5.56 Å². The van der Waals surface area contributed by atoms with Crippen molar-refractivity contribution in [2.45, 2.75) is 37.9 Å². The smallest absolute Gasteiger partial charge is 0.282 e. The third-order valence-corrected chi connectivity index (χ3v) is 5.98. The number of hydrogen-bond donors (Lipinski definition) is 2. The lowest BCUT2D eigenvalue weighted by Gasteiger charge is -2.12. The molecule has 0 radical (unpaired) electrons. The van der Waals surface area contributed by atoms with Crippen LogP contribution in [0.1, 0.15) is 26.7 Å². The summed E-state index contributed by atoms with van der Waals surface area (Å²) in [6.07, 6.45) is 1.94. The highest BCUT2D eigenvalue weighted by atomic mass is 32.2. The molecule has 0 unspecified atom stereocenters. The van der Waals surface area contributed by atoms with Crippen LogP contribution in [0.5, 0.6) is 0 Å². The standard InChI is InChI=1S/C19H22N4O2S2/c1-3-7-12(2)21-15(24)11-27-19-22-17-16(18(25)23(19)20)14(10-26-17)13-8-5-4-6-9-13/h4-6,8-10,12H,3,7,11,20H2,1-2H3,(H,21,24)/t12-/m1/s1. The largest absolute Gasteiger partial charge is 0.353 e. The highest BCUT2D eigenvalue weighted by molar-refractivity contribution is 7.99. The third-order valence-electron chi connectivity index (χ3n) is 4.15. The number of nitrogens with zero attached hydrogens (tertiary/aromatic N) is 2. The second-order valence-corrected chi connectivity index (χ2v) is 8.11. The topological polar surface area (TPSA) is 90.0 Å². The van der Waals surface area contributed by atoms with E-state index in [4.69, 9.17) is 5.84 Å². The van der Waals surface area contributed by atoms with Gasteiger partial charge in [-0.2, -0.15) is 0 Å². The summed E-state index contributed by atoms with van der Waals surface area (Å²) < 4.78 is 1.04. The summed E-state index contributed by atoms with van der Waals surface area (Å²) in [4.78, 5) is 30.0. The van der Waals surface area contributed by atoms with E-state index in [0.717, 1.165) is 28.6 Å². The van der Waals surface area contributed by atoms with E-state index in [-0.39, 0.29) is 23.3 Å². The zero-order valence-corrected chi connectivity index (χ0v) is 16.9. The van der Waals surface area contributed by atoms with E-state index in [9.17, 15) is 9.59 Å². The normalized spacial score (nSPS) is 12.2. The average molecular weight is 403 g/mol. The molecule has 1 amide bonds. The number of aromatic nitrogens is 2. The van der Waals surface area contributed by atoms with Crippen LogP contribution in [0, 0.1) is 0 Å². The van der Waals surface area contributed by atoms with E-state index in [2.05, 4.69) is 17.2 Å². The number of amides is 1. The van der Waals surface area contributed by atoms with Crippen molar-refractivity contribution >= 4 is 39.2 Å². The maximum absolute atomic E-state index is 12.8. The molecule has 0 bridgehead atoms. The zero-order valence-electron chi connectivity index (χ0n) is 15.3. The Hall–Kier alpha value is -2.32. The van der Waals surface area contributed by atoms with Gasteiger partial charge in [0.05, 0.1) is 11.1 Å². The molecule has 0 fully saturated rings. The van der Waals surface area contributed by atoms with Crippen LogP contribution in [0.25, 0.3) is 21.3 Å². The first-order chi connectivity index (χ1) is 13.0. The maximum Gasteiger partial charge on any atom is 0.282 e. The lowest BCUT2D eigenvalue weighted by molar-refractivity contribution is -0.119. The van der Waals surface area contributed by atoms with Gasteiger partial charge in [-0.3, -0.25) is 9.59 Å². The number of carbonyl (C=O) groups is 1.